The van der Waals surface area contributed by atoms with Crippen LogP contribution in [0.4, 0.5) is 0 Å². The van der Waals surface area contributed by atoms with Crippen LogP contribution in [0.2, 0.25) is 0 Å². The van der Waals surface area contributed by atoms with E-state index in [9.17, 15) is 0 Å². The van der Waals surface area contributed by atoms with Gasteiger partial charge < -0.3 is 9.13 Å². The number of fused-ring (bicyclic) bond motifs is 12. The van der Waals surface area contributed by atoms with Crippen molar-refractivity contribution in [2.24, 2.45) is 0 Å². The minimum absolute atomic E-state index is 0.0679. The third-order valence-electron chi connectivity index (χ3n) is 19.8. The molecule has 1 aliphatic rings. The Bertz CT molecular complexity index is 4890. The molecule has 3 aromatic heterocycles. The van der Waals surface area contributed by atoms with Crippen molar-refractivity contribution in [1.82, 2.24) is 9.13 Å². The van der Waals surface area contributed by atoms with Gasteiger partial charge in [-0.15, -0.1) is 11.3 Å². The molecule has 11 aromatic carbocycles. The summed E-state index contributed by atoms with van der Waals surface area (Å²) in [6.07, 6.45) is 17.9. The smallest absolute Gasteiger partial charge is 0.0541 e. The summed E-state index contributed by atoms with van der Waals surface area (Å²) in [5.74, 6) is 0. The largest absolute Gasteiger partial charge is 0.309 e. The third kappa shape index (κ3) is 10.1. The normalized spacial score (nSPS) is 12.8. The van der Waals surface area contributed by atoms with E-state index in [4.69, 9.17) is 0 Å². The van der Waals surface area contributed by atoms with Crippen molar-refractivity contribution in [2.75, 3.05) is 0 Å². The van der Waals surface area contributed by atoms with E-state index in [2.05, 4.69) is 267 Å². The number of hydrogen-bond donors (Lipinski definition) is 0. The fourth-order valence-electron chi connectivity index (χ4n) is 15.3. The Hall–Kier alpha value is -8.76. The molecule has 0 atom stereocenters. The van der Waals surface area contributed by atoms with Crippen LogP contribution in [0.25, 0.3) is 131 Å². The zero-order valence-electron chi connectivity index (χ0n) is 51.6. The maximum absolute atomic E-state index is 2.65. The lowest BCUT2D eigenvalue weighted by Crippen LogP contribution is -2.25. The van der Waals surface area contributed by atoms with Crippen molar-refractivity contribution in [3.63, 3.8) is 0 Å². The van der Waals surface area contributed by atoms with E-state index in [0.717, 1.165) is 0 Å². The number of hydrogen-bond acceptors (Lipinski definition) is 1. The molecule has 0 amide bonds. The number of para-hydroxylation sites is 2. The van der Waals surface area contributed by atoms with Gasteiger partial charge in [0, 0.05) is 58.5 Å². The van der Waals surface area contributed by atoms with Crippen molar-refractivity contribution >= 4 is 75.1 Å². The van der Waals surface area contributed by atoms with Crippen LogP contribution in [0.1, 0.15) is 126 Å². The van der Waals surface area contributed by atoms with Gasteiger partial charge in [-0.25, -0.2) is 0 Å². The van der Waals surface area contributed by atoms with Crippen LogP contribution in [0.5, 0.6) is 0 Å². The van der Waals surface area contributed by atoms with E-state index in [-0.39, 0.29) is 5.41 Å². The number of unbranched alkanes of at least 4 members (excludes halogenated alkanes) is 10. The number of benzene rings is 11. The molecular weight excluding hydrogens is 1080 g/mol. The zero-order valence-corrected chi connectivity index (χ0v) is 52.5. The topological polar surface area (TPSA) is 9.86 Å². The first kappa shape index (κ1) is 55.8. The van der Waals surface area contributed by atoms with Crippen LogP contribution in [0.3, 0.4) is 0 Å². The molecule has 434 valence electrons. The molecule has 3 heterocycles. The van der Waals surface area contributed by atoms with E-state index in [1.807, 2.05) is 11.3 Å². The van der Waals surface area contributed by atoms with Crippen molar-refractivity contribution in [3.05, 3.63) is 253 Å². The molecule has 0 radical (unpaired) electrons. The predicted octanol–water partition coefficient (Wildman–Crippen LogP) is 25.3. The summed E-state index contributed by atoms with van der Waals surface area (Å²) in [6.45, 7) is 9.11. The summed E-state index contributed by atoms with van der Waals surface area (Å²) < 4.78 is 7.64. The van der Waals surface area contributed by atoms with Gasteiger partial charge in [-0.1, -0.05) is 242 Å². The molecule has 0 bridgehead atoms. The van der Waals surface area contributed by atoms with Gasteiger partial charge in [0.2, 0.25) is 0 Å². The molecule has 0 saturated heterocycles. The van der Waals surface area contributed by atoms with Crippen LogP contribution in [0, 0.1) is 13.8 Å². The Labute approximate surface area is 523 Å². The van der Waals surface area contributed by atoms with Gasteiger partial charge in [-0.3, -0.25) is 0 Å². The van der Waals surface area contributed by atoms with Gasteiger partial charge in [0.25, 0.3) is 0 Å². The maximum Gasteiger partial charge on any atom is 0.0541 e. The Kier molecular flexibility index (Phi) is 15.0. The number of rotatable bonds is 20. The quantitative estimate of drug-likeness (QED) is 0.0673. The van der Waals surface area contributed by atoms with Crippen molar-refractivity contribution in [3.8, 4) is 67.0 Å². The molecular formula is C85H78N2S. The Morgan fingerprint density at radius 1 is 0.295 bits per heavy atom. The first-order chi connectivity index (χ1) is 43.3. The second-order valence-corrected chi connectivity index (χ2v) is 26.7. The molecule has 14 aromatic rings. The van der Waals surface area contributed by atoms with Gasteiger partial charge in [0.1, 0.15) is 0 Å². The lowest BCUT2D eigenvalue weighted by molar-refractivity contribution is 0.398. The molecule has 88 heavy (non-hydrogen) atoms. The fraction of sp³-hybridized carbons (Fsp3) is 0.224. The molecule has 15 rings (SSSR count). The highest BCUT2D eigenvalue weighted by Crippen LogP contribution is 2.56. The standard InChI is InChI=1S/C85H78N2S/c1-5-7-9-11-13-21-47-85(48-22-14-12-10-8-6-2)77-54-64(61-35-33-60(34-36-61)59-31-29-57(3)30-32-59)37-42-69(77)70-43-38-65(55-78(70)85)66-49-58(4)50-68(51-66)87-80-27-19-16-24-72(80)75-53-63(40-45-82(75)87)62-39-44-81-74(52-62)71-23-15-18-26-79(71)86(81)67-41-46-84-76(56-67)73-25-17-20-28-83(73)88-84/h15-20,23-46,49-56H,5-14,21-22,47-48H2,1-4H3. The average Bonchev–Trinajstić information content (AvgIpc) is 1.64. The summed E-state index contributed by atoms with van der Waals surface area (Å²) >= 11 is 1.87. The summed E-state index contributed by atoms with van der Waals surface area (Å²) in [5.41, 5.74) is 25.9. The maximum atomic E-state index is 2.65. The minimum atomic E-state index is -0.0679. The van der Waals surface area contributed by atoms with Crippen LogP contribution in [-0.2, 0) is 5.41 Å². The second-order valence-electron chi connectivity index (χ2n) is 25.6. The van der Waals surface area contributed by atoms with E-state index >= 15 is 0 Å². The SMILES string of the molecule is CCCCCCCCC1(CCCCCCCC)c2cc(-c3ccc(-c4ccc(C)cc4)cc3)ccc2-c2ccc(-c3cc(C)cc(-n4c5ccccc5c5cc(-c6ccc7c(c6)c6ccccc6n7-c6ccc7sc8ccccc8c7c6)ccc54)c3)cc21. The zero-order chi connectivity index (χ0) is 59.3. The molecule has 2 nitrogen and oxygen atoms in total. The van der Waals surface area contributed by atoms with Crippen molar-refractivity contribution in [1.29, 1.82) is 0 Å². The highest BCUT2D eigenvalue weighted by Gasteiger charge is 2.43. The van der Waals surface area contributed by atoms with Gasteiger partial charge in [-0.05, 0) is 184 Å². The van der Waals surface area contributed by atoms with E-state index < -0.39 is 0 Å². The molecule has 0 fully saturated rings. The molecule has 0 unspecified atom stereocenters. The number of aryl methyl sites for hydroxylation is 2. The summed E-state index contributed by atoms with van der Waals surface area (Å²) in [7, 11) is 0. The molecule has 1 aliphatic carbocycles. The van der Waals surface area contributed by atoms with Crippen molar-refractivity contribution in [2.45, 2.75) is 123 Å². The minimum Gasteiger partial charge on any atom is -0.309 e. The lowest BCUT2D eigenvalue weighted by Gasteiger charge is -2.33. The van der Waals surface area contributed by atoms with Gasteiger partial charge in [0.05, 0.1) is 22.1 Å². The molecule has 0 saturated carbocycles. The first-order valence-corrected chi connectivity index (χ1v) is 33.7. The summed E-state index contributed by atoms with van der Waals surface area (Å²) in [6, 6.07) is 88.6. The fourth-order valence-corrected chi connectivity index (χ4v) is 16.4. The van der Waals surface area contributed by atoms with Crippen LogP contribution in [-0.4, -0.2) is 9.13 Å². The Morgan fingerprint density at radius 3 is 1.33 bits per heavy atom. The second kappa shape index (κ2) is 23.7. The van der Waals surface area contributed by atoms with Gasteiger partial charge in [0.15, 0.2) is 0 Å². The third-order valence-corrected chi connectivity index (χ3v) is 21.0. The molecule has 0 N–H and O–H groups in total. The van der Waals surface area contributed by atoms with Crippen LogP contribution < -0.4 is 0 Å². The number of aromatic nitrogens is 2. The number of thiophene rings is 1. The number of nitrogens with zero attached hydrogens (tertiary/aromatic N) is 2. The van der Waals surface area contributed by atoms with E-state index in [0.29, 0.717) is 0 Å². The molecule has 3 heteroatoms. The first-order valence-electron chi connectivity index (χ1n) is 32.9. The van der Waals surface area contributed by atoms with Gasteiger partial charge >= 0.3 is 0 Å². The highest BCUT2D eigenvalue weighted by molar-refractivity contribution is 7.25. The molecule has 0 aliphatic heterocycles. The monoisotopic (exact) mass is 1160 g/mol. The highest BCUT2D eigenvalue weighted by atomic mass is 32.1. The molecule has 0 spiro atoms. The van der Waals surface area contributed by atoms with Crippen LogP contribution in [0.15, 0.2) is 231 Å². The van der Waals surface area contributed by atoms with E-state index in [1.54, 1.807) is 5.56 Å². The van der Waals surface area contributed by atoms with Gasteiger partial charge in [-0.2, -0.15) is 0 Å². The van der Waals surface area contributed by atoms with Crippen LogP contribution >= 0.6 is 11.3 Å². The Balaban J connectivity index is 0.804. The Morgan fingerprint density at radius 2 is 0.739 bits per heavy atom. The van der Waals surface area contributed by atoms with Crippen molar-refractivity contribution < 1.29 is 0 Å². The predicted molar refractivity (Wildman–Crippen MR) is 381 cm³/mol. The lowest BCUT2D eigenvalue weighted by atomic mass is 9.70. The summed E-state index contributed by atoms with van der Waals surface area (Å²) in [5, 5.41) is 7.70. The summed E-state index contributed by atoms with van der Waals surface area (Å²) in [4.78, 5) is 0. The van der Waals surface area contributed by atoms with E-state index in [1.165, 1.54) is 237 Å². The average molecular weight is 1160 g/mol.